The van der Waals surface area contributed by atoms with Gasteiger partial charge in [0.25, 0.3) is 0 Å². The molecule has 40 heavy (non-hydrogen) atoms. The number of hydrogen-bond acceptors (Lipinski definition) is 5. The van der Waals surface area contributed by atoms with E-state index >= 15 is 0 Å². The Balaban J connectivity index is 1.34. The number of para-hydroxylation sites is 1. The van der Waals surface area contributed by atoms with Gasteiger partial charge in [-0.2, -0.15) is 5.10 Å². The minimum Gasteiger partial charge on any atom is -0.343 e. The number of likely N-dealkylation sites (tertiary alicyclic amines) is 1. The fraction of sp³-hybridized carbons (Fsp3) is 0.484. The highest BCUT2D eigenvalue weighted by molar-refractivity contribution is 5.89. The van der Waals surface area contributed by atoms with Crippen molar-refractivity contribution in [1.29, 1.82) is 0 Å². The number of H-pyrrole nitrogens is 1. The van der Waals surface area contributed by atoms with E-state index in [4.69, 9.17) is 0 Å². The molecule has 3 aromatic rings. The number of anilines is 1. The first kappa shape index (κ1) is 27.8. The minimum absolute atomic E-state index is 0.0194. The van der Waals surface area contributed by atoms with Crippen LogP contribution in [-0.2, 0) is 32.9 Å². The molecule has 0 bridgehead atoms. The molecule has 0 aliphatic carbocycles. The molecule has 3 N–H and O–H groups in total. The second-order valence-corrected chi connectivity index (χ2v) is 12.4. The third-order valence-corrected chi connectivity index (χ3v) is 8.50. The van der Waals surface area contributed by atoms with E-state index < -0.39 is 5.92 Å². The third-order valence-electron chi connectivity index (χ3n) is 8.50. The summed E-state index contributed by atoms with van der Waals surface area (Å²) in [6.07, 6.45) is 4.69. The molecule has 2 aliphatic heterocycles. The van der Waals surface area contributed by atoms with Gasteiger partial charge in [0.2, 0.25) is 18.2 Å². The van der Waals surface area contributed by atoms with Crippen LogP contribution in [0.4, 0.5) is 5.69 Å². The van der Waals surface area contributed by atoms with Gasteiger partial charge in [-0.05, 0) is 60.5 Å². The molecule has 9 nitrogen and oxygen atoms in total. The summed E-state index contributed by atoms with van der Waals surface area (Å²) in [4.78, 5) is 42.6. The van der Waals surface area contributed by atoms with Gasteiger partial charge >= 0.3 is 0 Å². The molecule has 1 fully saturated rings. The van der Waals surface area contributed by atoms with Crippen LogP contribution in [0.1, 0.15) is 56.7 Å². The van der Waals surface area contributed by atoms with Crippen LogP contribution in [0.25, 0.3) is 10.9 Å². The van der Waals surface area contributed by atoms with E-state index in [2.05, 4.69) is 47.7 Å². The van der Waals surface area contributed by atoms with Crippen molar-refractivity contribution in [1.82, 2.24) is 25.3 Å². The first-order chi connectivity index (χ1) is 19.1. The Morgan fingerprint density at radius 1 is 1.18 bits per heavy atom. The lowest BCUT2D eigenvalue weighted by Gasteiger charge is -2.43. The number of carbonyl (C=O) groups excluding carboxylic acids is 3. The molecule has 3 amide bonds. The van der Waals surface area contributed by atoms with Crippen LogP contribution in [0.3, 0.4) is 0 Å². The van der Waals surface area contributed by atoms with Crippen LogP contribution in [0.5, 0.6) is 0 Å². The lowest BCUT2D eigenvalue weighted by molar-refractivity contribution is -0.143. The summed E-state index contributed by atoms with van der Waals surface area (Å²) in [5.74, 6) is -0.341. The lowest BCUT2D eigenvalue weighted by Crippen LogP contribution is -2.52. The van der Waals surface area contributed by atoms with E-state index in [1.807, 2.05) is 53.4 Å². The van der Waals surface area contributed by atoms with Gasteiger partial charge in [0, 0.05) is 49.2 Å². The molecule has 0 unspecified atom stereocenters. The molecule has 3 heterocycles. The predicted molar refractivity (Wildman–Crippen MR) is 155 cm³/mol. The van der Waals surface area contributed by atoms with E-state index in [0.717, 1.165) is 33.3 Å². The fourth-order valence-electron chi connectivity index (χ4n) is 6.47. The maximum Gasteiger partial charge on any atom is 0.226 e. The third kappa shape index (κ3) is 5.47. The summed E-state index contributed by atoms with van der Waals surface area (Å²) in [5, 5.41) is 14.6. The predicted octanol–water partition coefficient (Wildman–Crippen LogP) is 3.81. The first-order valence-corrected chi connectivity index (χ1v) is 14.1. The minimum atomic E-state index is -0.408. The number of rotatable bonds is 7. The summed E-state index contributed by atoms with van der Waals surface area (Å²) in [6, 6.07) is 11.9. The van der Waals surface area contributed by atoms with Crippen LogP contribution in [0.2, 0.25) is 0 Å². The van der Waals surface area contributed by atoms with Crippen LogP contribution in [0, 0.1) is 11.3 Å². The molecule has 212 valence electrons. The number of fused-ring (bicyclic) bond motifs is 3. The topological polar surface area (TPSA) is 110 Å². The van der Waals surface area contributed by atoms with E-state index in [0.29, 0.717) is 51.9 Å². The van der Waals surface area contributed by atoms with Crippen molar-refractivity contribution in [2.75, 3.05) is 32.0 Å². The average molecular weight is 545 g/mol. The molecule has 5 rings (SSSR count). The maximum atomic E-state index is 13.9. The molecule has 9 heteroatoms. The Bertz CT molecular complexity index is 1400. The summed E-state index contributed by atoms with van der Waals surface area (Å²) < 4.78 is 0. The molecular weight excluding hydrogens is 504 g/mol. The van der Waals surface area contributed by atoms with Gasteiger partial charge in [-0.1, -0.05) is 45.0 Å². The van der Waals surface area contributed by atoms with Crippen LogP contribution < -0.4 is 10.6 Å². The molecule has 1 saturated heterocycles. The van der Waals surface area contributed by atoms with Crippen LogP contribution in [0.15, 0.2) is 42.6 Å². The molecule has 0 spiro atoms. The number of piperidine rings is 1. The van der Waals surface area contributed by atoms with Crippen LogP contribution >= 0.6 is 0 Å². The summed E-state index contributed by atoms with van der Waals surface area (Å²) in [7, 11) is 1.93. The first-order valence-electron chi connectivity index (χ1n) is 14.1. The summed E-state index contributed by atoms with van der Waals surface area (Å²) in [5.41, 5.74) is 4.58. The second-order valence-electron chi connectivity index (χ2n) is 12.4. The Morgan fingerprint density at radius 3 is 2.62 bits per heavy atom. The molecule has 2 aromatic carbocycles. The van der Waals surface area contributed by atoms with E-state index in [1.54, 1.807) is 0 Å². The summed E-state index contributed by atoms with van der Waals surface area (Å²) in [6.45, 7) is 8.70. The van der Waals surface area contributed by atoms with Gasteiger partial charge in [0.1, 0.15) is 0 Å². The number of benzene rings is 2. The maximum absolute atomic E-state index is 13.9. The molecule has 0 radical (unpaired) electrons. The number of hydrogen-bond donors (Lipinski definition) is 3. The Morgan fingerprint density at radius 2 is 1.93 bits per heavy atom. The number of nitrogens with zero attached hydrogens (tertiary/aromatic N) is 3. The number of amides is 3. The van der Waals surface area contributed by atoms with Gasteiger partial charge in [-0.3, -0.25) is 19.5 Å². The molecule has 0 saturated carbocycles. The molecule has 1 atom stereocenters. The lowest BCUT2D eigenvalue weighted by atomic mass is 9.80. The number of aromatic amines is 1. The Kier molecular flexibility index (Phi) is 7.68. The zero-order chi connectivity index (χ0) is 28.5. The monoisotopic (exact) mass is 544 g/mol. The molecular formula is C31H40N6O3. The zero-order valence-corrected chi connectivity index (χ0v) is 23.9. The SMILES string of the molecule is CNC1(c2ccccc2NC=O)CCN(C(=O)C[C@@H]2Cc3ccc4[nH]ncc4c3CN(CC(C)(C)C)C2=O)CC1. The molecule has 1 aromatic heterocycles. The number of nitrogens with one attached hydrogen (secondary N) is 3. The highest BCUT2D eigenvalue weighted by Gasteiger charge is 2.39. The van der Waals surface area contributed by atoms with Crippen LogP contribution in [-0.4, -0.2) is 64.9 Å². The van der Waals surface area contributed by atoms with Crippen molar-refractivity contribution in [2.24, 2.45) is 11.3 Å². The molecule has 2 aliphatic rings. The van der Waals surface area contributed by atoms with Gasteiger partial charge in [0.05, 0.1) is 17.6 Å². The fourth-order valence-corrected chi connectivity index (χ4v) is 6.47. The van der Waals surface area contributed by atoms with Gasteiger partial charge in [0.15, 0.2) is 0 Å². The zero-order valence-electron chi connectivity index (χ0n) is 23.9. The normalized spacial score (nSPS) is 19.3. The van der Waals surface area contributed by atoms with Gasteiger partial charge in [-0.25, -0.2) is 0 Å². The summed E-state index contributed by atoms with van der Waals surface area (Å²) >= 11 is 0. The average Bonchev–Trinajstić information content (AvgIpc) is 3.37. The quantitative estimate of drug-likeness (QED) is 0.392. The van der Waals surface area contributed by atoms with Gasteiger partial charge in [-0.15, -0.1) is 0 Å². The highest BCUT2D eigenvalue weighted by Crippen LogP contribution is 2.38. The van der Waals surface area contributed by atoms with E-state index in [1.165, 1.54) is 0 Å². The number of carbonyl (C=O) groups is 3. The smallest absolute Gasteiger partial charge is 0.226 e. The van der Waals surface area contributed by atoms with Crippen molar-refractivity contribution < 1.29 is 14.4 Å². The Labute approximate surface area is 235 Å². The van der Waals surface area contributed by atoms with Gasteiger partial charge < -0.3 is 20.4 Å². The van der Waals surface area contributed by atoms with Crippen molar-refractivity contribution >= 4 is 34.8 Å². The van der Waals surface area contributed by atoms with Crippen molar-refractivity contribution in [3.63, 3.8) is 0 Å². The second kappa shape index (κ2) is 11.0. The highest BCUT2D eigenvalue weighted by atomic mass is 16.2. The number of aromatic nitrogens is 2. The van der Waals surface area contributed by atoms with Crippen molar-refractivity contribution in [3.8, 4) is 0 Å². The largest absolute Gasteiger partial charge is 0.343 e. The van der Waals surface area contributed by atoms with E-state index in [9.17, 15) is 14.4 Å². The van der Waals surface area contributed by atoms with E-state index in [-0.39, 0.29) is 29.2 Å². The standard InChI is InChI=1S/C31H40N6O3/c1-30(2,3)19-37-18-24-21(9-10-26-23(24)17-34-35-26)15-22(29(37)40)16-28(39)36-13-11-31(32-4,12-14-36)25-7-5-6-8-27(25)33-20-38/h5-10,17,20,22,32H,11-16,18-19H2,1-4H3,(H,33,38)(H,34,35)/t22-/m0/s1. The Hall–Kier alpha value is -3.72. The van der Waals surface area contributed by atoms with Crippen molar-refractivity contribution in [3.05, 3.63) is 59.3 Å². The van der Waals surface area contributed by atoms with Crippen molar-refractivity contribution in [2.45, 2.75) is 58.5 Å².